The topological polar surface area (TPSA) is 96.9 Å². The number of aromatic amines is 1. The molecule has 1 unspecified atom stereocenters. The van der Waals surface area contributed by atoms with Crippen molar-refractivity contribution < 1.29 is 4.79 Å². The minimum Gasteiger partial charge on any atom is -0.348 e. The van der Waals surface area contributed by atoms with Crippen LogP contribution in [0.25, 0.3) is 0 Å². The van der Waals surface area contributed by atoms with Crippen LogP contribution in [-0.2, 0) is 11.3 Å². The molecule has 24 heavy (non-hydrogen) atoms. The largest absolute Gasteiger partial charge is 0.348 e. The van der Waals surface area contributed by atoms with Crippen LogP contribution in [-0.4, -0.2) is 20.4 Å². The Morgan fingerprint density at radius 1 is 1.42 bits per heavy atom. The van der Waals surface area contributed by atoms with Gasteiger partial charge in [0.05, 0.1) is 6.04 Å². The first-order valence-electron chi connectivity index (χ1n) is 8.01. The van der Waals surface area contributed by atoms with E-state index in [1.165, 1.54) is 10.8 Å². The number of hydrogen-bond donors (Lipinski definition) is 2. The molecule has 2 N–H and O–H groups in total. The number of pyridine rings is 1. The zero-order valence-electron chi connectivity index (χ0n) is 13.9. The van der Waals surface area contributed by atoms with E-state index in [0.29, 0.717) is 5.56 Å². The molecule has 1 amide bonds. The number of nitrogens with one attached hydrogen (secondary N) is 2. The smallest absolute Gasteiger partial charge is 0.328 e. The first-order valence-corrected chi connectivity index (χ1v) is 8.01. The van der Waals surface area contributed by atoms with Crippen molar-refractivity contribution >= 4 is 5.91 Å². The number of hydrogen-bond acceptors (Lipinski definition) is 4. The van der Waals surface area contributed by atoms with Crippen molar-refractivity contribution in [3.63, 3.8) is 0 Å². The number of unbranched alkanes of at least 4 members (excludes halogenated alkanes) is 1. The van der Waals surface area contributed by atoms with Gasteiger partial charge in [-0.2, -0.15) is 0 Å². The van der Waals surface area contributed by atoms with Crippen molar-refractivity contribution in [1.82, 2.24) is 19.9 Å². The molecular formula is C17H22N4O3. The predicted molar refractivity (Wildman–Crippen MR) is 90.7 cm³/mol. The SMILES string of the molecule is CCCCC(NC(=O)Cn1cc(C)c(=O)[nH]c1=O)c1cccnc1. The molecule has 2 heterocycles. The van der Waals surface area contributed by atoms with Crippen LogP contribution in [0.1, 0.15) is 43.4 Å². The van der Waals surface area contributed by atoms with Gasteiger partial charge in [0.15, 0.2) is 0 Å². The maximum absolute atomic E-state index is 12.3. The van der Waals surface area contributed by atoms with Gasteiger partial charge in [0, 0.05) is 24.2 Å². The van der Waals surface area contributed by atoms with Gasteiger partial charge in [-0.3, -0.25) is 24.1 Å². The molecule has 7 nitrogen and oxygen atoms in total. The van der Waals surface area contributed by atoms with Gasteiger partial charge in [0.2, 0.25) is 5.91 Å². The van der Waals surface area contributed by atoms with Crippen molar-refractivity contribution in [2.75, 3.05) is 0 Å². The lowest BCUT2D eigenvalue weighted by atomic mass is 10.0. The van der Waals surface area contributed by atoms with E-state index in [2.05, 4.69) is 22.2 Å². The lowest BCUT2D eigenvalue weighted by molar-refractivity contribution is -0.122. The number of rotatable bonds is 7. The van der Waals surface area contributed by atoms with E-state index in [9.17, 15) is 14.4 Å². The van der Waals surface area contributed by atoms with Gasteiger partial charge in [0.1, 0.15) is 6.54 Å². The highest BCUT2D eigenvalue weighted by molar-refractivity contribution is 5.76. The van der Waals surface area contributed by atoms with Crippen LogP contribution < -0.4 is 16.6 Å². The molecule has 0 saturated carbocycles. The van der Waals surface area contributed by atoms with E-state index in [1.54, 1.807) is 19.3 Å². The van der Waals surface area contributed by atoms with Crippen molar-refractivity contribution in [3.05, 3.63) is 62.7 Å². The van der Waals surface area contributed by atoms with E-state index in [4.69, 9.17) is 0 Å². The van der Waals surface area contributed by atoms with Crippen molar-refractivity contribution in [1.29, 1.82) is 0 Å². The molecular weight excluding hydrogens is 308 g/mol. The fraction of sp³-hybridized carbons (Fsp3) is 0.412. The Labute approximate surface area is 139 Å². The first kappa shape index (κ1) is 17.7. The zero-order chi connectivity index (χ0) is 17.5. The Kier molecular flexibility index (Phi) is 6.06. The number of aryl methyl sites for hydroxylation is 1. The van der Waals surface area contributed by atoms with Crippen LogP contribution in [0.4, 0.5) is 0 Å². The number of aromatic nitrogens is 3. The lowest BCUT2D eigenvalue weighted by Crippen LogP contribution is -2.37. The molecule has 2 rings (SSSR count). The summed E-state index contributed by atoms with van der Waals surface area (Å²) in [6.45, 7) is 3.54. The lowest BCUT2D eigenvalue weighted by Gasteiger charge is -2.19. The summed E-state index contributed by atoms with van der Waals surface area (Å²) in [6.07, 6.45) is 7.60. The highest BCUT2D eigenvalue weighted by Crippen LogP contribution is 2.18. The Bertz CT molecular complexity index is 795. The Balaban J connectivity index is 2.12. The van der Waals surface area contributed by atoms with E-state index in [-0.39, 0.29) is 18.5 Å². The van der Waals surface area contributed by atoms with Crippen molar-refractivity contribution in [3.8, 4) is 0 Å². The van der Waals surface area contributed by atoms with E-state index < -0.39 is 11.2 Å². The maximum Gasteiger partial charge on any atom is 0.328 e. The first-order chi connectivity index (χ1) is 11.5. The van der Waals surface area contributed by atoms with E-state index in [1.807, 2.05) is 12.1 Å². The normalized spacial score (nSPS) is 11.9. The summed E-state index contributed by atoms with van der Waals surface area (Å²) >= 11 is 0. The quantitative estimate of drug-likeness (QED) is 0.799. The Hall–Kier alpha value is -2.70. The van der Waals surface area contributed by atoms with Gasteiger partial charge in [-0.25, -0.2) is 4.79 Å². The highest BCUT2D eigenvalue weighted by Gasteiger charge is 2.15. The number of carbonyl (C=O) groups is 1. The van der Waals surface area contributed by atoms with Gasteiger partial charge in [0.25, 0.3) is 5.56 Å². The molecule has 1 atom stereocenters. The standard InChI is InChI=1S/C17H22N4O3/c1-3-4-7-14(13-6-5-8-18-9-13)19-15(22)11-21-10-12(2)16(23)20-17(21)24/h5-6,8-10,14H,3-4,7,11H2,1-2H3,(H,19,22)(H,20,23,24). The van der Waals surface area contributed by atoms with E-state index in [0.717, 1.165) is 24.8 Å². The summed E-state index contributed by atoms with van der Waals surface area (Å²) in [5.74, 6) is -0.284. The minimum absolute atomic E-state index is 0.140. The van der Waals surface area contributed by atoms with Gasteiger partial charge >= 0.3 is 5.69 Å². The third-order valence-corrected chi connectivity index (χ3v) is 3.77. The summed E-state index contributed by atoms with van der Waals surface area (Å²) in [5, 5.41) is 2.95. The second kappa shape index (κ2) is 8.24. The Morgan fingerprint density at radius 2 is 2.21 bits per heavy atom. The molecule has 0 aliphatic heterocycles. The van der Waals surface area contributed by atoms with Crippen LogP contribution in [0.3, 0.4) is 0 Å². The summed E-state index contributed by atoms with van der Waals surface area (Å²) in [5.41, 5.74) is 0.293. The third kappa shape index (κ3) is 4.65. The van der Waals surface area contributed by atoms with Gasteiger partial charge in [-0.15, -0.1) is 0 Å². The molecule has 0 saturated heterocycles. The molecule has 128 valence electrons. The van der Waals surface area contributed by atoms with Gasteiger partial charge in [-0.05, 0) is 25.0 Å². The van der Waals surface area contributed by atoms with Crippen molar-refractivity contribution in [2.24, 2.45) is 0 Å². The summed E-state index contributed by atoms with van der Waals surface area (Å²) in [4.78, 5) is 41.8. The van der Waals surface area contributed by atoms with Gasteiger partial charge in [-0.1, -0.05) is 25.8 Å². The number of nitrogens with zero attached hydrogens (tertiary/aromatic N) is 2. The Morgan fingerprint density at radius 3 is 2.88 bits per heavy atom. The predicted octanol–water partition coefficient (Wildman–Crippen LogP) is 1.29. The second-order valence-corrected chi connectivity index (χ2v) is 5.75. The van der Waals surface area contributed by atoms with Crippen LogP contribution in [0.2, 0.25) is 0 Å². The molecule has 0 bridgehead atoms. The molecule has 7 heteroatoms. The van der Waals surface area contributed by atoms with Gasteiger partial charge < -0.3 is 5.32 Å². The summed E-state index contributed by atoms with van der Waals surface area (Å²) < 4.78 is 1.20. The third-order valence-electron chi connectivity index (χ3n) is 3.77. The average Bonchev–Trinajstić information content (AvgIpc) is 2.57. The number of H-pyrrole nitrogens is 1. The number of carbonyl (C=O) groups excluding carboxylic acids is 1. The molecule has 0 spiro atoms. The fourth-order valence-corrected chi connectivity index (χ4v) is 2.44. The minimum atomic E-state index is -0.591. The fourth-order valence-electron chi connectivity index (χ4n) is 2.44. The molecule has 0 aliphatic rings. The molecule has 2 aromatic rings. The summed E-state index contributed by atoms with van der Waals surface area (Å²) in [6, 6.07) is 3.60. The second-order valence-electron chi connectivity index (χ2n) is 5.75. The monoisotopic (exact) mass is 330 g/mol. The zero-order valence-corrected chi connectivity index (χ0v) is 13.9. The van der Waals surface area contributed by atoms with Crippen LogP contribution in [0.15, 0.2) is 40.3 Å². The molecule has 2 aromatic heterocycles. The molecule has 0 aliphatic carbocycles. The van der Waals surface area contributed by atoms with Crippen LogP contribution in [0, 0.1) is 6.92 Å². The number of amides is 1. The molecule has 0 fully saturated rings. The average molecular weight is 330 g/mol. The molecule has 0 aromatic carbocycles. The van der Waals surface area contributed by atoms with Crippen LogP contribution >= 0.6 is 0 Å². The maximum atomic E-state index is 12.3. The summed E-state index contributed by atoms with van der Waals surface area (Å²) in [7, 11) is 0. The van der Waals surface area contributed by atoms with Crippen molar-refractivity contribution in [2.45, 2.75) is 45.7 Å². The molecule has 0 radical (unpaired) electrons. The van der Waals surface area contributed by atoms with E-state index >= 15 is 0 Å². The highest BCUT2D eigenvalue weighted by atomic mass is 16.2. The van der Waals surface area contributed by atoms with Crippen LogP contribution in [0.5, 0.6) is 0 Å².